The van der Waals surface area contributed by atoms with Gasteiger partial charge in [0.1, 0.15) is 11.3 Å². The van der Waals surface area contributed by atoms with Crippen LogP contribution in [0.2, 0.25) is 0 Å². The summed E-state index contributed by atoms with van der Waals surface area (Å²) in [4.78, 5) is 15.0. The van der Waals surface area contributed by atoms with E-state index in [1.54, 1.807) is 18.2 Å². The number of rotatable bonds is 2. The van der Waals surface area contributed by atoms with Gasteiger partial charge in [-0.25, -0.2) is 4.68 Å². The molecule has 3 aromatic heterocycles. The van der Waals surface area contributed by atoms with E-state index >= 15 is 0 Å². The third-order valence-corrected chi connectivity index (χ3v) is 6.29. The van der Waals surface area contributed by atoms with Crippen LogP contribution in [0.5, 0.6) is 0 Å². The molecule has 1 aromatic carbocycles. The third kappa shape index (κ3) is 2.92. The molecule has 1 amide bonds. The number of pyridine rings is 1. The highest BCUT2D eigenvalue weighted by molar-refractivity contribution is 5.93. The van der Waals surface area contributed by atoms with Gasteiger partial charge in [-0.1, -0.05) is 24.3 Å². The number of fused-ring (bicyclic) bond motifs is 3. The summed E-state index contributed by atoms with van der Waals surface area (Å²) in [5.74, 6) is -0.0707. The molecule has 2 aliphatic rings. The van der Waals surface area contributed by atoms with E-state index in [0.717, 1.165) is 17.8 Å². The van der Waals surface area contributed by atoms with E-state index in [0.29, 0.717) is 43.9 Å². The molecule has 0 unspecified atom stereocenters. The Morgan fingerprint density at radius 3 is 2.71 bits per heavy atom. The van der Waals surface area contributed by atoms with E-state index in [1.165, 1.54) is 10.1 Å². The van der Waals surface area contributed by atoms with E-state index in [9.17, 15) is 4.79 Å². The Kier molecular flexibility index (Phi) is 4.10. The quantitative estimate of drug-likeness (QED) is 0.498. The molecule has 6 rings (SSSR count). The zero-order valence-corrected chi connectivity index (χ0v) is 16.9. The van der Waals surface area contributed by atoms with Crippen molar-refractivity contribution in [3.63, 3.8) is 0 Å². The molecule has 5 heterocycles. The Balaban J connectivity index is 1.26. The number of ether oxygens (including phenoxy) is 1. The van der Waals surface area contributed by atoms with Crippen LogP contribution in [0.4, 0.5) is 0 Å². The lowest BCUT2D eigenvalue weighted by molar-refractivity contribution is -0.0964. The van der Waals surface area contributed by atoms with Gasteiger partial charge in [0.05, 0.1) is 18.0 Å². The molecule has 0 atom stereocenters. The largest absolute Gasteiger partial charge is 0.368 e. The molecule has 0 radical (unpaired) electrons. The number of nitrogens with zero attached hydrogens (tertiary/aromatic N) is 7. The first-order valence-corrected chi connectivity index (χ1v) is 10.5. The van der Waals surface area contributed by atoms with Gasteiger partial charge in [-0.15, -0.1) is 5.10 Å². The lowest BCUT2D eigenvalue weighted by atomic mass is 9.83. The average molecular weight is 415 g/mol. The molecule has 0 saturated carbocycles. The third-order valence-electron chi connectivity index (χ3n) is 6.29. The number of aromatic nitrogens is 6. The maximum Gasteiger partial charge on any atom is 0.272 e. The van der Waals surface area contributed by atoms with Crippen LogP contribution in [0, 0.1) is 0 Å². The number of likely N-dealkylation sites (tertiary alicyclic amines) is 1. The van der Waals surface area contributed by atoms with Crippen LogP contribution < -0.4 is 0 Å². The summed E-state index contributed by atoms with van der Waals surface area (Å²) in [5.41, 5.74) is 3.87. The zero-order chi connectivity index (χ0) is 20.8. The molecule has 0 aliphatic carbocycles. The summed E-state index contributed by atoms with van der Waals surface area (Å²) in [6.45, 7) is 1.86. The number of benzene rings is 1. The van der Waals surface area contributed by atoms with Gasteiger partial charge in [-0.05, 0) is 59.5 Å². The highest BCUT2D eigenvalue weighted by atomic mass is 16.5. The van der Waals surface area contributed by atoms with Crippen LogP contribution >= 0.6 is 0 Å². The summed E-state index contributed by atoms with van der Waals surface area (Å²) >= 11 is 0. The van der Waals surface area contributed by atoms with Crippen LogP contribution in [-0.4, -0.2) is 60.3 Å². The Labute approximate surface area is 178 Å². The number of carbonyl (C=O) groups is 1. The van der Waals surface area contributed by atoms with Gasteiger partial charge in [0.25, 0.3) is 5.91 Å². The number of hydrogen-bond acceptors (Lipinski definition) is 6. The predicted octanol–water partition coefficient (Wildman–Crippen LogP) is 2.01. The molecular weight excluding hydrogens is 394 g/mol. The van der Waals surface area contributed by atoms with E-state index in [1.807, 2.05) is 39.9 Å². The number of carbonyl (C=O) groups excluding carboxylic acids is 1. The molecule has 31 heavy (non-hydrogen) atoms. The van der Waals surface area contributed by atoms with E-state index in [-0.39, 0.29) is 5.91 Å². The Hall–Kier alpha value is -3.59. The zero-order valence-electron chi connectivity index (χ0n) is 16.9. The maximum absolute atomic E-state index is 13.2. The van der Waals surface area contributed by atoms with Gasteiger partial charge in [0, 0.05) is 19.3 Å². The first kappa shape index (κ1) is 18.2. The summed E-state index contributed by atoms with van der Waals surface area (Å²) < 4.78 is 9.75. The summed E-state index contributed by atoms with van der Waals surface area (Å²) in [7, 11) is 0. The monoisotopic (exact) mass is 415 g/mol. The van der Waals surface area contributed by atoms with Crippen molar-refractivity contribution < 1.29 is 9.53 Å². The van der Waals surface area contributed by atoms with E-state index in [2.05, 4.69) is 21.7 Å². The predicted molar refractivity (Wildman–Crippen MR) is 111 cm³/mol. The normalized spacial score (nSPS) is 17.7. The minimum atomic E-state index is -0.439. The molecule has 9 nitrogen and oxygen atoms in total. The van der Waals surface area contributed by atoms with Crippen molar-refractivity contribution in [3.8, 4) is 5.69 Å². The smallest absolute Gasteiger partial charge is 0.272 e. The van der Waals surface area contributed by atoms with Crippen LogP contribution in [0.3, 0.4) is 0 Å². The van der Waals surface area contributed by atoms with Crippen LogP contribution in [0.15, 0.2) is 54.7 Å². The van der Waals surface area contributed by atoms with Crippen molar-refractivity contribution in [2.75, 3.05) is 19.7 Å². The van der Waals surface area contributed by atoms with Crippen molar-refractivity contribution in [2.24, 2.45) is 0 Å². The Morgan fingerprint density at radius 2 is 1.87 bits per heavy atom. The van der Waals surface area contributed by atoms with Gasteiger partial charge >= 0.3 is 0 Å². The van der Waals surface area contributed by atoms with Gasteiger partial charge in [-0.2, -0.15) is 9.61 Å². The minimum absolute atomic E-state index is 0.0707. The molecule has 9 heteroatoms. The van der Waals surface area contributed by atoms with Crippen molar-refractivity contribution >= 4 is 11.6 Å². The van der Waals surface area contributed by atoms with Gasteiger partial charge in [0.2, 0.25) is 0 Å². The number of para-hydroxylation sites is 1. The molecule has 0 N–H and O–H groups in total. The van der Waals surface area contributed by atoms with Gasteiger partial charge < -0.3 is 9.64 Å². The Bertz CT molecular complexity index is 1260. The lowest BCUT2D eigenvalue weighted by Crippen LogP contribution is -2.48. The first-order valence-electron chi connectivity index (χ1n) is 10.5. The SMILES string of the molecule is O=C(c1cccc2nnnn12)N1CCC2(CC1)OCCc1cn(-c3ccccc3)nc12. The van der Waals surface area contributed by atoms with Crippen LogP contribution in [0.25, 0.3) is 11.3 Å². The van der Waals surface area contributed by atoms with Gasteiger partial charge in [0.15, 0.2) is 5.65 Å². The van der Waals surface area contributed by atoms with E-state index < -0.39 is 5.60 Å². The van der Waals surface area contributed by atoms with Crippen LogP contribution in [0.1, 0.15) is 34.6 Å². The van der Waals surface area contributed by atoms with Gasteiger partial charge in [-0.3, -0.25) is 4.79 Å². The maximum atomic E-state index is 13.2. The molecular formula is C22H21N7O2. The first-order chi connectivity index (χ1) is 15.2. The highest BCUT2D eigenvalue weighted by Crippen LogP contribution is 2.41. The van der Waals surface area contributed by atoms with Crippen molar-refractivity contribution in [3.05, 3.63) is 71.7 Å². The number of hydrogen-bond donors (Lipinski definition) is 0. The van der Waals surface area contributed by atoms with Crippen LogP contribution in [-0.2, 0) is 16.8 Å². The lowest BCUT2D eigenvalue weighted by Gasteiger charge is -2.42. The fourth-order valence-corrected chi connectivity index (χ4v) is 4.66. The summed E-state index contributed by atoms with van der Waals surface area (Å²) in [6, 6.07) is 15.5. The van der Waals surface area contributed by atoms with Crippen molar-refractivity contribution in [2.45, 2.75) is 24.9 Å². The number of tetrazole rings is 1. The fourth-order valence-electron chi connectivity index (χ4n) is 4.66. The highest BCUT2D eigenvalue weighted by Gasteiger charge is 2.44. The van der Waals surface area contributed by atoms with Crippen molar-refractivity contribution in [1.29, 1.82) is 0 Å². The molecule has 4 aromatic rings. The van der Waals surface area contributed by atoms with Crippen molar-refractivity contribution in [1.82, 2.24) is 34.7 Å². The molecule has 156 valence electrons. The second-order valence-corrected chi connectivity index (χ2v) is 8.03. The topological polar surface area (TPSA) is 90.4 Å². The second-order valence-electron chi connectivity index (χ2n) is 8.03. The average Bonchev–Trinajstić information content (AvgIpc) is 3.48. The molecule has 1 saturated heterocycles. The summed E-state index contributed by atoms with van der Waals surface area (Å²) in [6.07, 6.45) is 4.39. The molecule has 2 aliphatic heterocycles. The van der Waals surface area contributed by atoms with E-state index in [4.69, 9.17) is 9.84 Å². The molecule has 1 fully saturated rings. The second kappa shape index (κ2) is 6.98. The number of piperidine rings is 1. The minimum Gasteiger partial charge on any atom is -0.368 e. The molecule has 1 spiro atoms. The Morgan fingerprint density at radius 1 is 1.03 bits per heavy atom. The fraction of sp³-hybridized carbons (Fsp3) is 0.318. The molecule has 0 bridgehead atoms. The summed E-state index contributed by atoms with van der Waals surface area (Å²) in [5, 5.41) is 16.5. The standard InChI is InChI=1S/C22H21N7O2/c30-21(18-7-4-8-19-23-25-26-29(18)19)27-12-10-22(11-13-27)20-16(9-14-31-22)15-28(24-20)17-5-2-1-3-6-17/h1-8,15H,9-14H2. The number of amides is 1.